The summed E-state index contributed by atoms with van der Waals surface area (Å²) in [4.78, 5) is 12.0. The van der Waals surface area contributed by atoms with Crippen molar-refractivity contribution < 1.29 is 13.9 Å². The molecule has 0 bridgehead atoms. The molecule has 0 radical (unpaired) electrons. The Kier molecular flexibility index (Phi) is 6.18. The van der Waals surface area contributed by atoms with Crippen molar-refractivity contribution in [3.05, 3.63) is 29.3 Å². The Morgan fingerprint density at radius 2 is 2.00 bits per heavy atom. The van der Waals surface area contributed by atoms with Crippen molar-refractivity contribution in [2.75, 3.05) is 17.7 Å². The number of hydrogen-bond donors (Lipinski definition) is 1. The number of anilines is 1. The fourth-order valence-electron chi connectivity index (χ4n) is 1.97. The SMILES string of the molecule is CCOc1ccc(-c2nnc(SCC(=O)Nc3nnc(CC)s3)o2)cc1. The molecule has 1 amide bonds. The Labute approximate surface area is 158 Å². The third-order valence-electron chi connectivity index (χ3n) is 3.16. The molecule has 136 valence electrons. The van der Waals surface area contributed by atoms with Crippen molar-refractivity contribution in [2.24, 2.45) is 0 Å². The van der Waals surface area contributed by atoms with Gasteiger partial charge in [0, 0.05) is 5.56 Å². The first-order valence-electron chi connectivity index (χ1n) is 7.99. The van der Waals surface area contributed by atoms with Crippen molar-refractivity contribution in [1.82, 2.24) is 20.4 Å². The molecule has 8 nitrogen and oxygen atoms in total. The summed E-state index contributed by atoms with van der Waals surface area (Å²) in [6.45, 7) is 4.53. The molecule has 1 aromatic carbocycles. The average Bonchev–Trinajstić information content (AvgIpc) is 3.30. The summed E-state index contributed by atoms with van der Waals surface area (Å²) >= 11 is 2.53. The van der Waals surface area contributed by atoms with Crippen LogP contribution in [0.25, 0.3) is 11.5 Å². The fraction of sp³-hybridized carbons (Fsp3) is 0.312. The Balaban J connectivity index is 1.53. The quantitative estimate of drug-likeness (QED) is 0.584. The van der Waals surface area contributed by atoms with E-state index in [2.05, 4.69) is 25.7 Å². The van der Waals surface area contributed by atoms with E-state index < -0.39 is 0 Å². The van der Waals surface area contributed by atoms with Gasteiger partial charge in [0.15, 0.2) is 0 Å². The summed E-state index contributed by atoms with van der Waals surface area (Å²) in [6.07, 6.45) is 0.790. The third-order valence-corrected chi connectivity index (χ3v) is 4.96. The number of amides is 1. The Morgan fingerprint density at radius 3 is 2.69 bits per heavy atom. The van der Waals surface area contributed by atoms with Crippen LogP contribution in [0.2, 0.25) is 0 Å². The van der Waals surface area contributed by atoms with Gasteiger partial charge in [0.2, 0.25) is 16.9 Å². The molecular formula is C16H17N5O3S2. The standard InChI is InChI=1S/C16H17N5O3S2/c1-3-13-18-20-15(26-13)17-12(22)9-25-16-21-19-14(24-16)10-5-7-11(8-6-10)23-4-2/h5-8H,3-4,9H2,1-2H3,(H,17,20,22). The van der Waals surface area contributed by atoms with Crippen molar-refractivity contribution in [2.45, 2.75) is 25.5 Å². The lowest BCUT2D eigenvalue weighted by atomic mass is 10.2. The molecule has 0 aliphatic rings. The lowest BCUT2D eigenvalue weighted by Gasteiger charge is -2.02. The van der Waals surface area contributed by atoms with Crippen LogP contribution in [-0.2, 0) is 11.2 Å². The Bertz CT molecular complexity index is 863. The van der Waals surface area contributed by atoms with Crippen LogP contribution in [0.3, 0.4) is 0 Å². The Hall–Kier alpha value is -2.46. The lowest BCUT2D eigenvalue weighted by molar-refractivity contribution is -0.113. The second-order valence-corrected chi connectivity index (χ2v) is 7.01. The van der Waals surface area contributed by atoms with E-state index in [1.165, 1.54) is 23.1 Å². The fourth-order valence-corrected chi connectivity index (χ4v) is 3.23. The van der Waals surface area contributed by atoms with Crippen LogP contribution in [0, 0.1) is 0 Å². The minimum atomic E-state index is -0.199. The Morgan fingerprint density at radius 1 is 1.19 bits per heavy atom. The smallest absolute Gasteiger partial charge is 0.277 e. The number of ether oxygens (including phenoxy) is 1. The van der Waals surface area contributed by atoms with Gasteiger partial charge in [-0.05, 0) is 37.6 Å². The minimum Gasteiger partial charge on any atom is -0.494 e. The van der Waals surface area contributed by atoms with E-state index in [0.29, 0.717) is 22.9 Å². The molecule has 2 heterocycles. The second kappa shape index (κ2) is 8.77. The number of rotatable bonds is 8. The van der Waals surface area contributed by atoms with Crippen LogP contribution in [0.5, 0.6) is 5.75 Å². The van der Waals surface area contributed by atoms with Gasteiger partial charge in [0.25, 0.3) is 5.22 Å². The summed E-state index contributed by atoms with van der Waals surface area (Å²) in [5.41, 5.74) is 0.790. The average molecular weight is 391 g/mol. The number of carbonyl (C=O) groups excluding carboxylic acids is 1. The lowest BCUT2D eigenvalue weighted by Crippen LogP contribution is -2.13. The zero-order valence-corrected chi connectivity index (χ0v) is 15.9. The topological polar surface area (TPSA) is 103 Å². The van der Waals surface area contributed by atoms with Crippen molar-refractivity contribution in [3.63, 3.8) is 0 Å². The van der Waals surface area contributed by atoms with E-state index in [1.54, 1.807) is 0 Å². The molecule has 0 atom stereocenters. The number of benzene rings is 1. The molecule has 0 aliphatic heterocycles. The molecule has 0 unspecified atom stereocenters. The van der Waals surface area contributed by atoms with Gasteiger partial charge in [0.05, 0.1) is 12.4 Å². The molecule has 3 rings (SSSR count). The number of nitrogens with zero attached hydrogens (tertiary/aromatic N) is 4. The molecule has 0 saturated heterocycles. The van der Waals surface area contributed by atoms with Gasteiger partial charge in [-0.3, -0.25) is 10.1 Å². The molecular weight excluding hydrogens is 374 g/mol. The molecule has 10 heteroatoms. The monoisotopic (exact) mass is 391 g/mol. The first-order valence-corrected chi connectivity index (χ1v) is 9.80. The van der Waals surface area contributed by atoms with Gasteiger partial charge in [0.1, 0.15) is 10.8 Å². The summed E-state index contributed by atoms with van der Waals surface area (Å²) < 4.78 is 11.0. The van der Waals surface area contributed by atoms with E-state index in [0.717, 1.165) is 22.7 Å². The number of thioether (sulfide) groups is 1. The molecule has 0 saturated carbocycles. The molecule has 0 fully saturated rings. The van der Waals surface area contributed by atoms with Crippen LogP contribution in [0.4, 0.5) is 5.13 Å². The zero-order chi connectivity index (χ0) is 18.4. The highest BCUT2D eigenvalue weighted by Crippen LogP contribution is 2.25. The van der Waals surface area contributed by atoms with Crippen molar-refractivity contribution >= 4 is 34.1 Å². The third kappa shape index (κ3) is 4.79. The van der Waals surface area contributed by atoms with Gasteiger partial charge in [-0.15, -0.1) is 20.4 Å². The molecule has 0 spiro atoms. The van der Waals surface area contributed by atoms with Gasteiger partial charge < -0.3 is 9.15 Å². The number of nitrogens with one attached hydrogen (secondary N) is 1. The van der Waals surface area contributed by atoms with E-state index in [1.807, 2.05) is 38.1 Å². The van der Waals surface area contributed by atoms with Crippen LogP contribution >= 0.6 is 23.1 Å². The molecule has 3 aromatic rings. The molecule has 0 aliphatic carbocycles. The maximum atomic E-state index is 12.0. The molecule has 2 aromatic heterocycles. The predicted octanol–water partition coefficient (Wildman–Crippen LogP) is 3.28. The van der Waals surface area contributed by atoms with Gasteiger partial charge >= 0.3 is 0 Å². The second-order valence-electron chi connectivity index (χ2n) is 5.02. The van der Waals surface area contributed by atoms with E-state index in [-0.39, 0.29) is 11.7 Å². The zero-order valence-electron chi connectivity index (χ0n) is 14.3. The predicted molar refractivity (Wildman–Crippen MR) is 99.5 cm³/mol. The number of carbonyl (C=O) groups is 1. The van der Waals surface area contributed by atoms with E-state index in [9.17, 15) is 4.79 Å². The van der Waals surface area contributed by atoms with Gasteiger partial charge in [-0.1, -0.05) is 30.0 Å². The molecule has 1 N–H and O–H groups in total. The van der Waals surface area contributed by atoms with E-state index in [4.69, 9.17) is 9.15 Å². The summed E-state index contributed by atoms with van der Waals surface area (Å²) in [6, 6.07) is 7.38. The number of aromatic nitrogens is 4. The highest BCUT2D eigenvalue weighted by Gasteiger charge is 2.13. The van der Waals surface area contributed by atoms with Crippen LogP contribution in [-0.4, -0.2) is 38.7 Å². The maximum absolute atomic E-state index is 12.0. The van der Waals surface area contributed by atoms with Gasteiger partial charge in [-0.2, -0.15) is 0 Å². The molecule has 26 heavy (non-hydrogen) atoms. The number of hydrogen-bond acceptors (Lipinski definition) is 9. The van der Waals surface area contributed by atoms with Crippen LogP contribution in [0.15, 0.2) is 33.9 Å². The van der Waals surface area contributed by atoms with E-state index >= 15 is 0 Å². The highest BCUT2D eigenvalue weighted by atomic mass is 32.2. The summed E-state index contributed by atoms with van der Waals surface area (Å²) in [5.74, 6) is 1.12. The van der Waals surface area contributed by atoms with Crippen LogP contribution in [0.1, 0.15) is 18.9 Å². The van der Waals surface area contributed by atoms with Crippen molar-refractivity contribution in [1.29, 1.82) is 0 Å². The number of aryl methyl sites for hydroxylation is 1. The van der Waals surface area contributed by atoms with Crippen molar-refractivity contribution in [3.8, 4) is 17.2 Å². The summed E-state index contributed by atoms with van der Waals surface area (Å²) in [5, 5.41) is 20.2. The first kappa shape index (κ1) is 18.3. The normalized spacial score (nSPS) is 10.7. The van der Waals surface area contributed by atoms with Gasteiger partial charge in [-0.25, -0.2) is 0 Å². The maximum Gasteiger partial charge on any atom is 0.277 e. The summed E-state index contributed by atoms with van der Waals surface area (Å²) in [7, 11) is 0. The first-order chi connectivity index (χ1) is 12.7. The highest BCUT2D eigenvalue weighted by molar-refractivity contribution is 7.99. The van der Waals surface area contributed by atoms with Crippen LogP contribution < -0.4 is 10.1 Å². The minimum absolute atomic E-state index is 0.145. The largest absolute Gasteiger partial charge is 0.494 e.